The van der Waals surface area contributed by atoms with Crippen molar-refractivity contribution in [3.8, 4) is 11.4 Å². The van der Waals surface area contributed by atoms with E-state index >= 15 is 0 Å². The molecular formula is C20H23N3. The number of nitrogens with one attached hydrogen (secondary N) is 1. The van der Waals surface area contributed by atoms with E-state index in [1.165, 1.54) is 37.2 Å². The van der Waals surface area contributed by atoms with Crippen LogP contribution < -0.4 is 4.90 Å². The molecule has 0 aliphatic carbocycles. The highest BCUT2D eigenvalue weighted by atomic mass is 15.1. The molecule has 3 nitrogen and oxygen atoms in total. The van der Waals surface area contributed by atoms with Gasteiger partial charge in [0.15, 0.2) is 0 Å². The number of hydrogen-bond donors (Lipinski definition) is 1. The molecule has 3 aromatic rings. The number of aryl methyl sites for hydroxylation is 1. The smallest absolute Gasteiger partial charge is 0.138 e. The third-order valence-electron chi connectivity index (χ3n) is 4.93. The Hall–Kier alpha value is -2.29. The summed E-state index contributed by atoms with van der Waals surface area (Å²) in [6.07, 6.45) is 2.59. The lowest BCUT2D eigenvalue weighted by atomic mass is 9.98. The van der Waals surface area contributed by atoms with Gasteiger partial charge in [0.05, 0.1) is 11.0 Å². The number of aromatic amines is 1. The molecule has 0 saturated carbocycles. The van der Waals surface area contributed by atoms with Crippen LogP contribution in [0.2, 0.25) is 0 Å². The molecule has 23 heavy (non-hydrogen) atoms. The van der Waals surface area contributed by atoms with E-state index in [-0.39, 0.29) is 0 Å². The van der Waals surface area contributed by atoms with Gasteiger partial charge in [0.2, 0.25) is 0 Å². The fourth-order valence-electron chi connectivity index (χ4n) is 3.36. The molecule has 1 fully saturated rings. The van der Waals surface area contributed by atoms with Crippen LogP contribution in [0.4, 0.5) is 5.69 Å². The van der Waals surface area contributed by atoms with E-state index in [9.17, 15) is 0 Å². The topological polar surface area (TPSA) is 31.9 Å². The van der Waals surface area contributed by atoms with Gasteiger partial charge in [-0.1, -0.05) is 13.0 Å². The molecule has 0 atom stereocenters. The molecule has 1 aliphatic rings. The summed E-state index contributed by atoms with van der Waals surface area (Å²) in [5.74, 6) is 1.81. The SMILES string of the molecule is Cc1ccc2nc(-c3ccc(N4CCC(C)CC4)cc3)[nH]c2c1. The Balaban J connectivity index is 1.59. The van der Waals surface area contributed by atoms with Gasteiger partial charge in [-0.2, -0.15) is 0 Å². The van der Waals surface area contributed by atoms with Gasteiger partial charge < -0.3 is 9.88 Å². The monoisotopic (exact) mass is 305 g/mol. The molecule has 1 aromatic heterocycles. The van der Waals surface area contributed by atoms with Crippen LogP contribution in [0.15, 0.2) is 42.5 Å². The normalized spacial score (nSPS) is 16.2. The molecule has 0 amide bonds. The fourth-order valence-corrected chi connectivity index (χ4v) is 3.36. The third-order valence-corrected chi connectivity index (χ3v) is 4.93. The fraction of sp³-hybridized carbons (Fsp3) is 0.350. The number of benzene rings is 2. The molecular weight excluding hydrogens is 282 g/mol. The van der Waals surface area contributed by atoms with Crippen LogP contribution in [-0.2, 0) is 0 Å². The van der Waals surface area contributed by atoms with E-state index in [1.54, 1.807) is 0 Å². The molecule has 118 valence electrons. The Morgan fingerprint density at radius 2 is 1.78 bits per heavy atom. The summed E-state index contributed by atoms with van der Waals surface area (Å²) in [5, 5.41) is 0. The summed E-state index contributed by atoms with van der Waals surface area (Å²) in [5.41, 5.74) is 5.86. The van der Waals surface area contributed by atoms with Crippen molar-refractivity contribution in [2.24, 2.45) is 5.92 Å². The first-order chi connectivity index (χ1) is 11.2. The minimum atomic E-state index is 0.865. The maximum Gasteiger partial charge on any atom is 0.138 e. The highest BCUT2D eigenvalue weighted by molar-refractivity contribution is 5.80. The lowest BCUT2D eigenvalue weighted by Gasteiger charge is -2.32. The first-order valence-corrected chi connectivity index (χ1v) is 8.51. The number of nitrogens with zero attached hydrogens (tertiary/aromatic N) is 2. The summed E-state index contributed by atoms with van der Waals surface area (Å²) in [7, 11) is 0. The van der Waals surface area contributed by atoms with Gasteiger partial charge in [0.25, 0.3) is 0 Å². The van der Waals surface area contributed by atoms with Crippen LogP contribution in [0.25, 0.3) is 22.4 Å². The average Bonchev–Trinajstić information content (AvgIpc) is 2.99. The molecule has 2 heterocycles. The molecule has 1 N–H and O–H groups in total. The molecule has 0 unspecified atom stereocenters. The minimum absolute atomic E-state index is 0.865. The second-order valence-corrected chi connectivity index (χ2v) is 6.82. The van der Waals surface area contributed by atoms with E-state index in [0.29, 0.717) is 0 Å². The van der Waals surface area contributed by atoms with Crippen molar-refractivity contribution in [3.05, 3.63) is 48.0 Å². The highest BCUT2D eigenvalue weighted by Gasteiger charge is 2.16. The number of rotatable bonds is 2. The molecule has 4 rings (SSSR count). The third kappa shape index (κ3) is 2.83. The van der Waals surface area contributed by atoms with Crippen LogP contribution in [0.1, 0.15) is 25.3 Å². The van der Waals surface area contributed by atoms with Crippen LogP contribution in [0.5, 0.6) is 0 Å². The maximum absolute atomic E-state index is 4.71. The Labute approximate surface area is 137 Å². The van der Waals surface area contributed by atoms with E-state index < -0.39 is 0 Å². The molecule has 1 aliphatic heterocycles. The summed E-state index contributed by atoms with van der Waals surface area (Å²) in [6, 6.07) is 15.1. The number of H-pyrrole nitrogens is 1. The standard InChI is InChI=1S/C20H23N3/c1-14-9-11-23(12-10-14)17-6-4-16(5-7-17)20-21-18-8-3-15(2)13-19(18)22-20/h3-8,13-14H,9-12H2,1-2H3,(H,21,22). The quantitative estimate of drug-likeness (QED) is 0.739. The lowest BCUT2D eigenvalue weighted by molar-refractivity contribution is 0.438. The van der Waals surface area contributed by atoms with Gasteiger partial charge in [0, 0.05) is 24.3 Å². The minimum Gasteiger partial charge on any atom is -0.372 e. The largest absolute Gasteiger partial charge is 0.372 e. The van der Waals surface area contributed by atoms with E-state index in [1.807, 2.05) is 0 Å². The van der Waals surface area contributed by atoms with Crippen molar-refractivity contribution >= 4 is 16.7 Å². The van der Waals surface area contributed by atoms with Crippen LogP contribution in [0, 0.1) is 12.8 Å². The summed E-state index contributed by atoms with van der Waals surface area (Å²) < 4.78 is 0. The molecule has 3 heteroatoms. The maximum atomic E-state index is 4.71. The number of imidazole rings is 1. The van der Waals surface area contributed by atoms with E-state index in [4.69, 9.17) is 4.98 Å². The van der Waals surface area contributed by atoms with Crippen molar-refractivity contribution in [2.75, 3.05) is 18.0 Å². The Bertz CT molecular complexity index is 809. The van der Waals surface area contributed by atoms with Crippen LogP contribution in [-0.4, -0.2) is 23.1 Å². The van der Waals surface area contributed by atoms with Gasteiger partial charge in [0.1, 0.15) is 5.82 Å². The second-order valence-electron chi connectivity index (χ2n) is 6.82. The van der Waals surface area contributed by atoms with Gasteiger partial charge >= 0.3 is 0 Å². The number of piperidine rings is 1. The number of hydrogen-bond acceptors (Lipinski definition) is 2. The van der Waals surface area contributed by atoms with E-state index in [0.717, 1.165) is 28.3 Å². The predicted molar refractivity (Wildman–Crippen MR) is 96.9 cm³/mol. The second kappa shape index (κ2) is 5.73. The zero-order chi connectivity index (χ0) is 15.8. The molecule has 1 saturated heterocycles. The summed E-state index contributed by atoms with van der Waals surface area (Å²) >= 11 is 0. The van der Waals surface area contributed by atoms with Gasteiger partial charge in [-0.15, -0.1) is 0 Å². The van der Waals surface area contributed by atoms with Crippen molar-refractivity contribution in [1.29, 1.82) is 0 Å². The Morgan fingerprint density at radius 1 is 1.04 bits per heavy atom. The van der Waals surface area contributed by atoms with Gasteiger partial charge in [-0.05, 0) is 67.6 Å². The zero-order valence-electron chi connectivity index (χ0n) is 13.8. The van der Waals surface area contributed by atoms with Crippen molar-refractivity contribution in [3.63, 3.8) is 0 Å². The first-order valence-electron chi connectivity index (χ1n) is 8.51. The zero-order valence-corrected chi connectivity index (χ0v) is 13.8. The molecule has 0 radical (unpaired) electrons. The molecule has 2 aromatic carbocycles. The highest BCUT2D eigenvalue weighted by Crippen LogP contribution is 2.26. The van der Waals surface area contributed by atoms with E-state index in [2.05, 4.69) is 66.2 Å². The van der Waals surface area contributed by atoms with Crippen LogP contribution in [0.3, 0.4) is 0 Å². The number of anilines is 1. The first kappa shape index (κ1) is 14.3. The molecule has 0 bridgehead atoms. The Kier molecular flexibility index (Phi) is 3.56. The van der Waals surface area contributed by atoms with Crippen LogP contribution >= 0.6 is 0 Å². The molecule has 0 spiro atoms. The Morgan fingerprint density at radius 3 is 2.52 bits per heavy atom. The van der Waals surface area contributed by atoms with Gasteiger partial charge in [-0.3, -0.25) is 0 Å². The summed E-state index contributed by atoms with van der Waals surface area (Å²) in [4.78, 5) is 10.6. The lowest BCUT2D eigenvalue weighted by Crippen LogP contribution is -2.32. The average molecular weight is 305 g/mol. The van der Waals surface area contributed by atoms with Crippen molar-refractivity contribution in [2.45, 2.75) is 26.7 Å². The predicted octanol–water partition coefficient (Wildman–Crippen LogP) is 4.77. The number of aromatic nitrogens is 2. The van der Waals surface area contributed by atoms with Gasteiger partial charge in [-0.25, -0.2) is 4.98 Å². The van der Waals surface area contributed by atoms with Crippen molar-refractivity contribution < 1.29 is 0 Å². The number of fused-ring (bicyclic) bond motifs is 1. The summed E-state index contributed by atoms with van der Waals surface area (Å²) in [6.45, 7) is 6.80. The van der Waals surface area contributed by atoms with Crippen molar-refractivity contribution in [1.82, 2.24) is 9.97 Å².